The number of aliphatic hydroxyl groups is 1. The third-order valence-electron chi connectivity index (χ3n) is 3.36. The minimum Gasteiger partial charge on any atom is -0.390 e. The summed E-state index contributed by atoms with van der Waals surface area (Å²) in [5, 5.41) is 14.1. The summed E-state index contributed by atoms with van der Waals surface area (Å²) in [6.07, 6.45) is 7.61. The van der Waals surface area contributed by atoms with Crippen LogP contribution in [0.3, 0.4) is 0 Å². The Morgan fingerprint density at radius 3 is 2.71 bits per heavy atom. The molecule has 0 amide bonds. The summed E-state index contributed by atoms with van der Waals surface area (Å²) in [4.78, 5) is 0. The second-order valence-electron chi connectivity index (χ2n) is 4.85. The lowest BCUT2D eigenvalue weighted by atomic mass is 10.1. The summed E-state index contributed by atoms with van der Waals surface area (Å²) < 4.78 is 1.88. The third kappa shape index (κ3) is 2.39. The third-order valence-corrected chi connectivity index (χ3v) is 3.36. The van der Waals surface area contributed by atoms with Gasteiger partial charge >= 0.3 is 0 Å². The molecular formula is C14H16N2O. The van der Waals surface area contributed by atoms with E-state index < -0.39 is 0 Å². The van der Waals surface area contributed by atoms with Crippen molar-refractivity contribution in [1.82, 2.24) is 9.78 Å². The van der Waals surface area contributed by atoms with Crippen molar-refractivity contribution < 1.29 is 5.11 Å². The standard InChI is InChI=1S/C14H16N2O/c17-14(8-9-14)7-6-12-10-15-16(11-12)13-4-2-1-3-5-13/h1-5,10-11,17H,6-9H2. The zero-order valence-corrected chi connectivity index (χ0v) is 9.71. The molecule has 88 valence electrons. The molecule has 1 aromatic heterocycles. The Hall–Kier alpha value is -1.61. The fourth-order valence-corrected chi connectivity index (χ4v) is 1.98. The molecule has 17 heavy (non-hydrogen) atoms. The van der Waals surface area contributed by atoms with Gasteiger partial charge in [0.1, 0.15) is 0 Å². The van der Waals surface area contributed by atoms with Crippen LogP contribution in [0.1, 0.15) is 24.8 Å². The van der Waals surface area contributed by atoms with Gasteiger partial charge in [0.2, 0.25) is 0 Å². The van der Waals surface area contributed by atoms with Crippen molar-refractivity contribution in [3.63, 3.8) is 0 Å². The quantitative estimate of drug-likeness (QED) is 0.872. The van der Waals surface area contributed by atoms with E-state index in [0.717, 1.165) is 31.4 Å². The molecule has 1 fully saturated rings. The molecule has 0 aliphatic heterocycles. The van der Waals surface area contributed by atoms with E-state index in [1.54, 1.807) is 0 Å². The van der Waals surface area contributed by atoms with Crippen LogP contribution in [0.4, 0.5) is 0 Å². The number of rotatable bonds is 4. The summed E-state index contributed by atoms with van der Waals surface area (Å²) in [5.41, 5.74) is 1.90. The smallest absolute Gasteiger partial charge is 0.0653 e. The fraction of sp³-hybridized carbons (Fsp3) is 0.357. The largest absolute Gasteiger partial charge is 0.390 e. The first-order valence-corrected chi connectivity index (χ1v) is 6.07. The molecule has 1 aliphatic rings. The van der Waals surface area contributed by atoms with E-state index in [1.807, 2.05) is 47.4 Å². The minimum absolute atomic E-state index is 0.366. The van der Waals surface area contributed by atoms with Gasteiger partial charge in [-0.15, -0.1) is 0 Å². The highest BCUT2D eigenvalue weighted by molar-refractivity contribution is 5.30. The first-order valence-electron chi connectivity index (χ1n) is 6.07. The number of para-hydroxylation sites is 1. The van der Waals surface area contributed by atoms with Crippen molar-refractivity contribution in [1.29, 1.82) is 0 Å². The molecule has 1 N–H and O–H groups in total. The van der Waals surface area contributed by atoms with Crippen molar-refractivity contribution in [3.8, 4) is 5.69 Å². The summed E-state index contributed by atoms with van der Waals surface area (Å²) >= 11 is 0. The molecule has 0 unspecified atom stereocenters. The van der Waals surface area contributed by atoms with Crippen LogP contribution in [-0.4, -0.2) is 20.5 Å². The molecule has 1 aliphatic carbocycles. The number of aryl methyl sites for hydroxylation is 1. The second-order valence-corrected chi connectivity index (χ2v) is 4.85. The first kappa shape index (κ1) is 10.5. The summed E-state index contributed by atoms with van der Waals surface area (Å²) in [6, 6.07) is 10.1. The van der Waals surface area contributed by atoms with Gasteiger partial charge in [-0.05, 0) is 43.4 Å². The molecular weight excluding hydrogens is 212 g/mol. The Morgan fingerprint density at radius 2 is 2.00 bits per heavy atom. The average molecular weight is 228 g/mol. The van der Waals surface area contributed by atoms with Crippen molar-refractivity contribution in [2.24, 2.45) is 0 Å². The van der Waals surface area contributed by atoms with E-state index in [9.17, 15) is 5.11 Å². The fourth-order valence-electron chi connectivity index (χ4n) is 1.98. The second kappa shape index (κ2) is 4.00. The molecule has 0 bridgehead atoms. The van der Waals surface area contributed by atoms with E-state index in [4.69, 9.17) is 0 Å². The molecule has 0 atom stereocenters. The zero-order valence-electron chi connectivity index (χ0n) is 9.71. The molecule has 3 nitrogen and oxygen atoms in total. The van der Waals surface area contributed by atoms with Crippen LogP contribution in [0.5, 0.6) is 0 Å². The van der Waals surface area contributed by atoms with Gasteiger partial charge in [0.15, 0.2) is 0 Å². The van der Waals surface area contributed by atoms with Gasteiger partial charge in [0.25, 0.3) is 0 Å². The monoisotopic (exact) mass is 228 g/mol. The highest BCUT2D eigenvalue weighted by Gasteiger charge is 2.39. The van der Waals surface area contributed by atoms with E-state index in [-0.39, 0.29) is 5.60 Å². The number of hydrogen-bond acceptors (Lipinski definition) is 2. The summed E-state index contributed by atoms with van der Waals surface area (Å²) in [5.74, 6) is 0. The van der Waals surface area contributed by atoms with Gasteiger partial charge in [-0.1, -0.05) is 18.2 Å². The van der Waals surface area contributed by atoms with Crippen LogP contribution in [0.15, 0.2) is 42.7 Å². The Morgan fingerprint density at radius 1 is 1.24 bits per heavy atom. The van der Waals surface area contributed by atoms with Crippen molar-refractivity contribution in [2.75, 3.05) is 0 Å². The molecule has 1 aromatic carbocycles. The lowest BCUT2D eigenvalue weighted by Crippen LogP contribution is -2.07. The van der Waals surface area contributed by atoms with Crippen LogP contribution in [0, 0.1) is 0 Å². The van der Waals surface area contributed by atoms with Crippen molar-refractivity contribution >= 4 is 0 Å². The van der Waals surface area contributed by atoms with E-state index in [0.29, 0.717) is 0 Å². The maximum Gasteiger partial charge on any atom is 0.0653 e. The number of benzene rings is 1. The molecule has 2 aromatic rings. The molecule has 1 heterocycles. The van der Waals surface area contributed by atoms with Crippen LogP contribution in [-0.2, 0) is 6.42 Å². The van der Waals surface area contributed by atoms with Gasteiger partial charge in [-0.25, -0.2) is 4.68 Å². The van der Waals surface area contributed by atoms with E-state index >= 15 is 0 Å². The lowest BCUT2D eigenvalue weighted by molar-refractivity contribution is 0.140. The highest BCUT2D eigenvalue weighted by atomic mass is 16.3. The first-order chi connectivity index (χ1) is 8.25. The number of hydrogen-bond donors (Lipinski definition) is 1. The van der Waals surface area contributed by atoms with Gasteiger partial charge in [-0.2, -0.15) is 5.10 Å². The van der Waals surface area contributed by atoms with Gasteiger partial charge in [0.05, 0.1) is 17.5 Å². The van der Waals surface area contributed by atoms with Crippen LogP contribution >= 0.6 is 0 Å². The molecule has 0 saturated heterocycles. The normalized spacial score (nSPS) is 17.0. The Balaban J connectivity index is 1.70. The van der Waals surface area contributed by atoms with Crippen molar-refractivity contribution in [3.05, 3.63) is 48.3 Å². The predicted octanol–water partition coefficient (Wildman–Crippen LogP) is 2.33. The molecule has 3 heteroatoms. The highest BCUT2D eigenvalue weighted by Crippen LogP contribution is 2.39. The van der Waals surface area contributed by atoms with E-state index in [2.05, 4.69) is 5.10 Å². The Bertz CT molecular complexity index is 500. The van der Waals surface area contributed by atoms with Crippen molar-refractivity contribution in [2.45, 2.75) is 31.3 Å². The van der Waals surface area contributed by atoms with Crippen LogP contribution in [0.2, 0.25) is 0 Å². The Kier molecular flexibility index (Phi) is 2.48. The molecule has 3 rings (SSSR count). The maximum atomic E-state index is 9.79. The zero-order chi connectivity index (χ0) is 11.7. The molecule has 0 spiro atoms. The number of nitrogens with zero attached hydrogens (tertiary/aromatic N) is 2. The number of aromatic nitrogens is 2. The molecule has 0 radical (unpaired) electrons. The summed E-state index contributed by atoms with van der Waals surface area (Å²) in [7, 11) is 0. The Labute approximate surface area is 101 Å². The van der Waals surface area contributed by atoms with Gasteiger partial charge < -0.3 is 5.11 Å². The minimum atomic E-state index is -0.366. The van der Waals surface area contributed by atoms with Crippen LogP contribution < -0.4 is 0 Å². The van der Waals surface area contributed by atoms with E-state index in [1.165, 1.54) is 5.56 Å². The molecule has 1 saturated carbocycles. The lowest BCUT2D eigenvalue weighted by Gasteiger charge is -2.04. The van der Waals surface area contributed by atoms with Gasteiger partial charge in [0, 0.05) is 6.20 Å². The SMILES string of the molecule is OC1(CCc2cnn(-c3ccccc3)c2)CC1. The topological polar surface area (TPSA) is 38.1 Å². The predicted molar refractivity (Wildman–Crippen MR) is 66.1 cm³/mol. The average Bonchev–Trinajstić information content (AvgIpc) is 2.93. The van der Waals surface area contributed by atoms with Crippen LogP contribution in [0.25, 0.3) is 5.69 Å². The summed E-state index contributed by atoms with van der Waals surface area (Å²) in [6.45, 7) is 0. The van der Waals surface area contributed by atoms with Gasteiger partial charge in [-0.3, -0.25) is 0 Å². The maximum absolute atomic E-state index is 9.79.